The van der Waals surface area contributed by atoms with Gasteiger partial charge in [0.2, 0.25) is 5.95 Å². The third-order valence-electron chi connectivity index (χ3n) is 3.31. The van der Waals surface area contributed by atoms with Crippen molar-refractivity contribution in [3.63, 3.8) is 0 Å². The smallest absolute Gasteiger partial charge is 0.239 e. The number of rotatable bonds is 4. The highest BCUT2D eigenvalue weighted by atomic mass is 16.3. The zero-order valence-electron chi connectivity index (χ0n) is 11.7. The first kappa shape index (κ1) is 14.0. The van der Waals surface area contributed by atoms with Gasteiger partial charge in [0.15, 0.2) is 0 Å². The Morgan fingerprint density at radius 2 is 2.32 bits per heavy atom. The van der Waals surface area contributed by atoms with Crippen molar-refractivity contribution in [2.45, 2.75) is 25.5 Å². The van der Waals surface area contributed by atoms with Gasteiger partial charge in [-0.2, -0.15) is 4.98 Å². The van der Waals surface area contributed by atoms with E-state index >= 15 is 0 Å². The largest absolute Gasteiger partial charge is 0.391 e. The summed E-state index contributed by atoms with van der Waals surface area (Å²) >= 11 is 0. The second kappa shape index (κ2) is 5.68. The monoisotopic (exact) mass is 266 g/mol. The number of hydrogen-bond acceptors (Lipinski definition) is 7. The molecule has 0 aromatic carbocycles. The van der Waals surface area contributed by atoms with Gasteiger partial charge in [-0.25, -0.2) is 10.8 Å². The van der Waals surface area contributed by atoms with Crippen molar-refractivity contribution in [1.29, 1.82) is 0 Å². The lowest BCUT2D eigenvalue weighted by Crippen LogP contribution is -2.38. The molecular weight excluding hydrogens is 244 g/mol. The molecule has 0 saturated carbocycles. The van der Waals surface area contributed by atoms with Crippen molar-refractivity contribution in [2.24, 2.45) is 5.84 Å². The van der Waals surface area contributed by atoms with Crippen molar-refractivity contribution < 1.29 is 5.11 Å². The van der Waals surface area contributed by atoms with Gasteiger partial charge >= 0.3 is 0 Å². The molecule has 106 valence electrons. The normalized spacial score (nSPS) is 23.2. The maximum absolute atomic E-state index is 9.92. The topological polar surface area (TPSA) is 90.5 Å². The van der Waals surface area contributed by atoms with Gasteiger partial charge in [0, 0.05) is 30.9 Å². The Morgan fingerprint density at radius 1 is 1.58 bits per heavy atom. The Morgan fingerprint density at radius 3 is 2.95 bits per heavy atom. The van der Waals surface area contributed by atoms with Crippen LogP contribution in [-0.4, -0.2) is 59.3 Å². The maximum Gasteiger partial charge on any atom is 0.239 e. The number of nitrogens with one attached hydrogen (secondary N) is 1. The van der Waals surface area contributed by atoms with E-state index in [1.807, 2.05) is 21.0 Å². The number of aryl methyl sites for hydroxylation is 1. The number of aliphatic hydroxyl groups excluding tert-OH is 1. The van der Waals surface area contributed by atoms with E-state index in [0.717, 1.165) is 24.3 Å². The molecule has 7 nitrogen and oxygen atoms in total. The third kappa shape index (κ3) is 3.12. The standard InChI is InChI=1S/C12H22N6O/c1-8-5-14-12(16-13)15-11(8)18-7-10(19)4-9(18)6-17(2)3/h5,9-10,19H,4,6-7,13H2,1-3H3,(H,14,15,16). The van der Waals surface area contributed by atoms with Crippen molar-refractivity contribution >= 4 is 11.8 Å². The maximum atomic E-state index is 9.92. The summed E-state index contributed by atoms with van der Waals surface area (Å²) in [7, 11) is 4.06. The Balaban J connectivity index is 2.27. The predicted molar refractivity (Wildman–Crippen MR) is 74.9 cm³/mol. The number of aromatic nitrogens is 2. The molecule has 0 spiro atoms. The Labute approximate surface area is 113 Å². The summed E-state index contributed by atoms with van der Waals surface area (Å²) in [5.74, 6) is 6.59. The van der Waals surface area contributed by atoms with Gasteiger partial charge < -0.3 is 14.9 Å². The molecule has 1 aliphatic rings. The molecule has 1 aromatic heterocycles. The number of nitrogen functional groups attached to an aromatic ring is 1. The molecule has 1 aromatic rings. The number of aliphatic hydroxyl groups is 1. The summed E-state index contributed by atoms with van der Waals surface area (Å²) < 4.78 is 0. The number of anilines is 2. The van der Waals surface area contributed by atoms with E-state index in [-0.39, 0.29) is 12.1 Å². The second-order valence-corrected chi connectivity index (χ2v) is 5.30. The molecule has 2 unspecified atom stereocenters. The van der Waals surface area contributed by atoms with Gasteiger partial charge in [0.1, 0.15) is 5.82 Å². The first-order valence-electron chi connectivity index (χ1n) is 6.41. The molecule has 4 N–H and O–H groups in total. The van der Waals surface area contributed by atoms with Gasteiger partial charge in [0.05, 0.1) is 6.10 Å². The van der Waals surface area contributed by atoms with Crippen LogP contribution in [0.15, 0.2) is 6.20 Å². The van der Waals surface area contributed by atoms with Gasteiger partial charge in [-0.1, -0.05) is 0 Å². The Hall–Kier alpha value is -1.44. The summed E-state index contributed by atoms with van der Waals surface area (Å²) in [6.45, 7) is 3.44. The summed E-state index contributed by atoms with van der Waals surface area (Å²) in [5, 5.41) is 9.92. The number of nitrogens with zero attached hydrogens (tertiary/aromatic N) is 4. The molecular formula is C12H22N6O. The van der Waals surface area contributed by atoms with Gasteiger partial charge in [-0.15, -0.1) is 0 Å². The molecule has 1 fully saturated rings. The van der Waals surface area contributed by atoms with Crippen LogP contribution in [0.1, 0.15) is 12.0 Å². The van der Waals surface area contributed by atoms with Crippen LogP contribution in [0.3, 0.4) is 0 Å². The molecule has 0 bridgehead atoms. The van der Waals surface area contributed by atoms with Crippen molar-refractivity contribution in [3.05, 3.63) is 11.8 Å². The molecule has 2 atom stereocenters. The molecule has 1 aliphatic heterocycles. The van der Waals surface area contributed by atoms with E-state index in [0.29, 0.717) is 12.5 Å². The van der Waals surface area contributed by atoms with E-state index in [2.05, 4.69) is 25.2 Å². The fraction of sp³-hybridized carbons (Fsp3) is 0.667. The van der Waals surface area contributed by atoms with Crippen LogP contribution >= 0.6 is 0 Å². The lowest BCUT2D eigenvalue weighted by molar-refractivity contribution is 0.191. The molecule has 0 amide bonds. The van der Waals surface area contributed by atoms with Crippen molar-refractivity contribution in [2.75, 3.05) is 37.5 Å². The van der Waals surface area contributed by atoms with Crippen LogP contribution in [0, 0.1) is 6.92 Å². The number of hydrogen-bond donors (Lipinski definition) is 3. The highest BCUT2D eigenvalue weighted by Gasteiger charge is 2.33. The average molecular weight is 266 g/mol. The average Bonchev–Trinajstić information content (AvgIpc) is 2.70. The third-order valence-corrected chi connectivity index (χ3v) is 3.31. The van der Waals surface area contributed by atoms with Crippen LogP contribution in [0.5, 0.6) is 0 Å². The minimum absolute atomic E-state index is 0.254. The number of β-amino-alcohol motifs (C(OH)–C–C–N with tert-alkyl or cyclic N) is 1. The molecule has 2 rings (SSSR count). The van der Waals surface area contributed by atoms with Crippen molar-refractivity contribution in [3.8, 4) is 0 Å². The quantitative estimate of drug-likeness (QED) is 0.503. The van der Waals surface area contributed by atoms with Gasteiger partial charge in [0.25, 0.3) is 0 Å². The molecule has 0 aliphatic carbocycles. The molecule has 1 saturated heterocycles. The van der Waals surface area contributed by atoms with Gasteiger partial charge in [-0.05, 0) is 27.4 Å². The van der Waals surface area contributed by atoms with Crippen molar-refractivity contribution in [1.82, 2.24) is 14.9 Å². The second-order valence-electron chi connectivity index (χ2n) is 5.30. The summed E-state index contributed by atoms with van der Waals surface area (Å²) in [6.07, 6.45) is 2.19. The number of hydrazine groups is 1. The first-order valence-corrected chi connectivity index (χ1v) is 6.41. The lowest BCUT2D eigenvalue weighted by Gasteiger charge is -2.28. The van der Waals surface area contributed by atoms with E-state index in [1.54, 1.807) is 6.20 Å². The zero-order chi connectivity index (χ0) is 14.0. The SMILES string of the molecule is Cc1cnc(NN)nc1N1CC(O)CC1CN(C)C. The Bertz CT molecular complexity index is 438. The predicted octanol–water partition coefficient (Wildman–Crippen LogP) is -0.428. The van der Waals surface area contributed by atoms with E-state index in [9.17, 15) is 5.11 Å². The summed E-state index contributed by atoms with van der Waals surface area (Å²) in [5.41, 5.74) is 3.45. The van der Waals surface area contributed by atoms with Crippen LogP contribution < -0.4 is 16.2 Å². The highest BCUT2D eigenvalue weighted by molar-refractivity contribution is 5.50. The number of likely N-dealkylation sites (N-methyl/N-ethyl adjacent to an activating group) is 1. The Kier molecular flexibility index (Phi) is 4.18. The molecule has 2 heterocycles. The summed E-state index contributed by atoms with van der Waals surface area (Å²) in [4.78, 5) is 12.8. The van der Waals surface area contributed by atoms with Crippen LogP contribution in [-0.2, 0) is 0 Å². The van der Waals surface area contributed by atoms with Crippen LogP contribution in [0.25, 0.3) is 0 Å². The zero-order valence-corrected chi connectivity index (χ0v) is 11.7. The molecule has 0 radical (unpaired) electrons. The van der Waals surface area contributed by atoms with Gasteiger partial charge in [-0.3, -0.25) is 5.43 Å². The highest BCUT2D eigenvalue weighted by Crippen LogP contribution is 2.27. The van der Waals surface area contributed by atoms with E-state index < -0.39 is 0 Å². The molecule has 7 heteroatoms. The molecule has 19 heavy (non-hydrogen) atoms. The minimum atomic E-state index is -0.311. The number of nitrogens with two attached hydrogens (primary N) is 1. The van der Waals surface area contributed by atoms with Crippen LogP contribution in [0.4, 0.5) is 11.8 Å². The van der Waals surface area contributed by atoms with Crippen LogP contribution in [0.2, 0.25) is 0 Å². The van der Waals surface area contributed by atoms with E-state index in [4.69, 9.17) is 5.84 Å². The first-order chi connectivity index (χ1) is 9.01. The van der Waals surface area contributed by atoms with E-state index in [1.165, 1.54) is 0 Å². The summed E-state index contributed by atoms with van der Waals surface area (Å²) in [6, 6.07) is 0.254. The fourth-order valence-corrected chi connectivity index (χ4v) is 2.54. The minimum Gasteiger partial charge on any atom is -0.391 e. The lowest BCUT2D eigenvalue weighted by atomic mass is 10.2. The fourth-order valence-electron chi connectivity index (χ4n) is 2.54.